The van der Waals surface area contributed by atoms with Crippen LogP contribution in [0, 0.1) is 0 Å². The van der Waals surface area contributed by atoms with Gasteiger partial charge in [0.05, 0.1) is 0 Å². The molecule has 2 aliphatic rings. The number of carbonyl (C=O) groups excluding carboxylic acids is 1. The maximum Gasteiger partial charge on any atom is 0.324 e. The summed E-state index contributed by atoms with van der Waals surface area (Å²) in [6, 6.07) is 27.6. The van der Waals surface area contributed by atoms with Gasteiger partial charge in [0.2, 0.25) is 6.29 Å². The summed E-state index contributed by atoms with van der Waals surface area (Å²) in [6.45, 7) is 3.80. The van der Waals surface area contributed by atoms with Crippen molar-refractivity contribution in [3.8, 4) is 5.75 Å². The van der Waals surface area contributed by atoms with Crippen LogP contribution in [-0.4, -0.2) is 48.3 Å². The molecule has 3 aromatic carbocycles. The average molecular weight is 472 g/mol. The number of piperazine rings is 1. The predicted octanol–water partition coefficient (Wildman–Crippen LogP) is 4.83. The molecule has 1 fully saturated rings. The van der Waals surface area contributed by atoms with Gasteiger partial charge in [0, 0.05) is 44.8 Å². The van der Waals surface area contributed by atoms with Crippen LogP contribution in [0.5, 0.6) is 5.75 Å². The number of carbonyl (C=O) groups is 1. The predicted molar refractivity (Wildman–Crippen MR) is 134 cm³/mol. The van der Waals surface area contributed by atoms with E-state index < -0.39 is 0 Å². The lowest BCUT2D eigenvalue weighted by atomic mass is 10.1. The summed E-state index contributed by atoms with van der Waals surface area (Å²) in [6.07, 6.45) is 1.80. The van der Waals surface area contributed by atoms with Gasteiger partial charge >= 0.3 is 12.0 Å². The molecule has 35 heavy (non-hydrogen) atoms. The van der Waals surface area contributed by atoms with Crippen molar-refractivity contribution >= 4 is 11.7 Å². The lowest BCUT2D eigenvalue weighted by Crippen LogP contribution is -2.49. The molecule has 2 heterocycles. The number of para-hydroxylation sites is 1. The fourth-order valence-electron chi connectivity index (χ4n) is 4.18. The molecule has 0 bridgehead atoms. The number of hydrogen-bond donors (Lipinski definition) is 1. The Bertz CT molecular complexity index is 1150. The maximum atomic E-state index is 12.5. The highest BCUT2D eigenvalue weighted by Gasteiger charge is 2.23. The summed E-state index contributed by atoms with van der Waals surface area (Å²) in [5.74, 6) is 1.07. The maximum absolute atomic E-state index is 12.5. The SMILES string of the molecule is O=C(Nc1ccccc1)N1CCN(Cc2cccc(OC3=COC(Cc4ccccc4)O3)c2)CC1. The lowest BCUT2D eigenvalue weighted by Gasteiger charge is -2.34. The first kappa shape index (κ1) is 22.8. The molecule has 7 nitrogen and oxygen atoms in total. The smallest absolute Gasteiger partial charge is 0.324 e. The summed E-state index contributed by atoms with van der Waals surface area (Å²) >= 11 is 0. The zero-order chi connectivity index (χ0) is 23.9. The second-order valence-corrected chi connectivity index (χ2v) is 8.62. The number of nitrogens with zero attached hydrogens (tertiary/aromatic N) is 2. The number of rotatable bonds is 7. The number of urea groups is 1. The van der Waals surface area contributed by atoms with Crippen molar-refractivity contribution in [1.29, 1.82) is 0 Å². The van der Waals surface area contributed by atoms with Crippen molar-refractivity contribution in [3.63, 3.8) is 0 Å². The normalized spacial score (nSPS) is 17.8. The molecule has 0 radical (unpaired) electrons. The second-order valence-electron chi connectivity index (χ2n) is 8.62. The van der Waals surface area contributed by atoms with Gasteiger partial charge in [-0.1, -0.05) is 60.7 Å². The van der Waals surface area contributed by atoms with E-state index in [1.165, 1.54) is 6.26 Å². The zero-order valence-electron chi connectivity index (χ0n) is 19.5. The molecule has 2 amide bonds. The van der Waals surface area contributed by atoms with Crippen molar-refractivity contribution in [2.45, 2.75) is 19.3 Å². The first-order chi connectivity index (χ1) is 17.2. The lowest BCUT2D eigenvalue weighted by molar-refractivity contribution is -0.0519. The minimum absolute atomic E-state index is 0.0520. The number of ether oxygens (including phenoxy) is 3. The molecule has 0 spiro atoms. The Hall–Kier alpha value is -3.97. The van der Waals surface area contributed by atoms with Gasteiger partial charge in [-0.25, -0.2) is 4.79 Å². The molecule has 1 atom stereocenters. The van der Waals surface area contributed by atoms with Gasteiger partial charge in [-0.2, -0.15) is 0 Å². The Labute approximate surface area is 205 Å². The molecule has 2 aliphatic heterocycles. The molecule has 1 N–H and O–H groups in total. The van der Waals surface area contributed by atoms with Crippen LogP contribution in [0.25, 0.3) is 0 Å². The van der Waals surface area contributed by atoms with Gasteiger partial charge in [-0.05, 0) is 35.4 Å². The van der Waals surface area contributed by atoms with Crippen LogP contribution >= 0.6 is 0 Å². The third-order valence-corrected chi connectivity index (χ3v) is 6.02. The van der Waals surface area contributed by atoms with Crippen LogP contribution in [0.15, 0.2) is 97.1 Å². The molecule has 7 heteroatoms. The highest BCUT2D eigenvalue weighted by Crippen LogP contribution is 2.24. The summed E-state index contributed by atoms with van der Waals surface area (Å²) in [5, 5.41) is 2.96. The van der Waals surface area contributed by atoms with Crippen molar-refractivity contribution < 1.29 is 19.0 Å². The van der Waals surface area contributed by atoms with E-state index >= 15 is 0 Å². The van der Waals surface area contributed by atoms with E-state index in [1.54, 1.807) is 0 Å². The van der Waals surface area contributed by atoms with Crippen LogP contribution in [0.4, 0.5) is 10.5 Å². The molecule has 3 aromatic rings. The van der Waals surface area contributed by atoms with Gasteiger partial charge in [0.25, 0.3) is 0 Å². The number of nitrogens with one attached hydrogen (secondary N) is 1. The molecule has 0 saturated carbocycles. The first-order valence-electron chi connectivity index (χ1n) is 11.9. The topological polar surface area (TPSA) is 63.3 Å². The fourth-order valence-corrected chi connectivity index (χ4v) is 4.18. The van der Waals surface area contributed by atoms with Crippen molar-refractivity contribution in [1.82, 2.24) is 9.80 Å². The standard InChI is InChI=1S/C28H29N3O4/c32-28(29-24-11-5-2-6-12-24)31-16-14-30(15-17-31)20-23-10-7-13-25(18-23)34-27-21-33-26(35-27)19-22-8-3-1-4-9-22/h1-13,18,21,26H,14-17,19-20H2,(H,29,32). The van der Waals surface area contributed by atoms with Crippen molar-refractivity contribution in [3.05, 3.63) is 108 Å². The average Bonchev–Trinajstić information content (AvgIpc) is 3.32. The van der Waals surface area contributed by atoms with E-state index in [-0.39, 0.29) is 12.3 Å². The minimum atomic E-state index is -0.383. The van der Waals surface area contributed by atoms with E-state index in [0.29, 0.717) is 31.2 Å². The van der Waals surface area contributed by atoms with Crippen LogP contribution in [-0.2, 0) is 22.4 Å². The van der Waals surface area contributed by atoms with E-state index in [0.717, 1.165) is 36.4 Å². The van der Waals surface area contributed by atoms with Gasteiger partial charge in [0.1, 0.15) is 5.75 Å². The Balaban J connectivity index is 1.08. The Morgan fingerprint density at radius 1 is 0.886 bits per heavy atom. The van der Waals surface area contributed by atoms with Gasteiger partial charge in [-0.3, -0.25) is 4.90 Å². The third kappa shape index (κ3) is 6.33. The van der Waals surface area contributed by atoms with E-state index in [9.17, 15) is 4.79 Å². The van der Waals surface area contributed by atoms with Crippen molar-refractivity contribution in [2.75, 3.05) is 31.5 Å². The number of anilines is 1. The molecule has 0 aliphatic carbocycles. The monoisotopic (exact) mass is 471 g/mol. The van der Waals surface area contributed by atoms with Crippen LogP contribution < -0.4 is 10.1 Å². The Morgan fingerprint density at radius 3 is 2.37 bits per heavy atom. The Morgan fingerprint density at radius 2 is 1.60 bits per heavy atom. The largest absolute Gasteiger partial charge is 0.455 e. The van der Waals surface area contributed by atoms with E-state index in [1.807, 2.05) is 83.8 Å². The molecule has 1 saturated heterocycles. The number of benzene rings is 3. The third-order valence-electron chi connectivity index (χ3n) is 6.02. The van der Waals surface area contributed by atoms with Crippen LogP contribution in [0.3, 0.4) is 0 Å². The highest BCUT2D eigenvalue weighted by atomic mass is 16.8. The Kier molecular flexibility index (Phi) is 7.15. The van der Waals surface area contributed by atoms with E-state index in [2.05, 4.69) is 16.3 Å². The van der Waals surface area contributed by atoms with Crippen molar-refractivity contribution in [2.24, 2.45) is 0 Å². The second kappa shape index (κ2) is 11.0. The molecule has 1 unspecified atom stereocenters. The van der Waals surface area contributed by atoms with Crippen LogP contribution in [0.2, 0.25) is 0 Å². The molecule has 0 aromatic heterocycles. The van der Waals surface area contributed by atoms with Crippen LogP contribution in [0.1, 0.15) is 11.1 Å². The molecule has 5 rings (SSSR count). The van der Waals surface area contributed by atoms with Gasteiger partial charge in [-0.15, -0.1) is 0 Å². The molecule has 180 valence electrons. The minimum Gasteiger partial charge on any atom is -0.455 e. The van der Waals surface area contributed by atoms with E-state index in [4.69, 9.17) is 14.2 Å². The fraction of sp³-hybridized carbons (Fsp3) is 0.250. The molecular weight excluding hydrogens is 442 g/mol. The summed E-state index contributed by atoms with van der Waals surface area (Å²) < 4.78 is 17.3. The van der Waals surface area contributed by atoms with Gasteiger partial charge < -0.3 is 24.4 Å². The van der Waals surface area contributed by atoms with Gasteiger partial charge in [0.15, 0.2) is 6.26 Å². The quantitative estimate of drug-likeness (QED) is 0.535. The molecular formula is C28H29N3O4. The zero-order valence-corrected chi connectivity index (χ0v) is 19.5. The first-order valence-corrected chi connectivity index (χ1v) is 11.9. The highest BCUT2D eigenvalue weighted by molar-refractivity contribution is 5.89. The number of amides is 2. The summed E-state index contributed by atoms with van der Waals surface area (Å²) in [7, 11) is 0. The summed E-state index contributed by atoms with van der Waals surface area (Å²) in [5.41, 5.74) is 3.10. The number of hydrogen-bond acceptors (Lipinski definition) is 5. The summed E-state index contributed by atoms with van der Waals surface area (Å²) in [4.78, 5) is 16.7.